The summed E-state index contributed by atoms with van der Waals surface area (Å²) in [6, 6.07) is 1.17. The number of nitrogens with one attached hydrogen (secondary N) is 1. The molecule has 3 heterocycles. The molecule has 0 radical (unpaired) electrons. The van der Waals surface area contributed by atoms with E-state index >= 15 is 0 Å². The van der Waals surface area contributed by atoms with Crippen molar-refractivity contribution in [2.24, 2.45) is 5.92 Å². The van der Waals surface area contributed by atoms with Gasteiger partial charge in [-0.1, -0.05) is 0 Å². The van der Waals surface area contributed by atoms with Crippen LogP contribution >= 0.6 is 0 Å². The van der Waals surface area contributed by atoms with E-state index in [1.807, 2.05) is 4.90 Å². The van der Waals surface area contributed by atoms with Crippen LogP contribution < -0.4 is 5.56 Å². The Balaban J connectivity index is 1.84. The molecule has 3 rings (SSSR count). The van der Waals surface area contributed by atoms with E-state index in [4.69, 9.17) is 9.47 Å². The second-order valence-corrected chi connectivity index (χ2v) is 5.76. The third kappa shape index (κ3) is 3.20. The molecule has 0 aliphatic carbocycles. The number of hydrogen-bond donors (Lipinski definition) is 1. The van der Waals surface area contributed by atoms with Crippen LogP contribution in [0, 0.1) is 12.8 Å². The summed E-state index contributed by atoms with van der Waals surface area (Å²) in [7, 11) is 0. The molecule has 0 bridgehead atoms. The van der Waals surface area contributed by atoms with Gasteiger partial charge in [-0.05, 0) is 19.8 Å². The lowest BCUT2D eigenvalue weighted by atomic mass is 9.97. The van der Waals surface area contributed by atoms with Gasteiger partial charge in [-0.25, -0.2) is 4.98 Å². The molecule has 0 spiro atoms. The van der Waals surface area contributed by atoms with E-state index in [0.29, 0.717) is 44.5 Å². The number of carbonyl (C=O) groups excluding carboxylic acids is 1. The van der Waals surface area contributed by atoms with Gasteiger partial charge in [0, 0.05) is 31.7 Å². The number of carbonyl (C=O) groups is 1. The zero-order valence-electron chi connectivity index (χ0n) is 12.7. The van der Waals surface area contributed by atoms with Gasteiger partial charge in [0.1, 0.15) is 5.82 Å². The molecule has 7 heteroatoms. The van der Waals surface area contributed by atoms with Crippen LogP contribution in [0.25, 0.3) is 0 Å². The number of aromatic nitrogens is 2. The number of hydrogen-bond acceptors (Lipinski definition) is 5. The molecule has 2 aliphatic heterocycles. The molecule has 1 unspecified atom stereocenters. The fraction of sp³-hybridized carbons (Fsp3) is 0.667. The van der Waals surface area contributed by atoms with Crippen LogP contribution in [0.2, 0.25) is 0 Å². The quantitative estimate of drug-likeness (QED) is 0.855. The van der Waals surface area contributed by atoms with E-state index in [-0.39, 0.29) is 23.4 Å². The van der Waals surface area contributed by atoms with Gasteiger partial charge in [-0.15, -0.1) is 0 Å². The minimum atomic E-state index is -0.287. The Labute approximate surface area is 128 Å². The van der Waals surface area contributed by atoms with E-state index in [9.17, 15) is 9.59 Å². The average Bonchev–Trinajstić information content (AvgIpc) is 2.54. The van der Waals surface area contributed by atoms with Crippen LogP contribution in [0.5, 0.6) is 0 Å². The Morgan fingerprint density at radius 1 is 1.32 bits per heavy atom. The smallest absolute Gasteiger partial charge is 0.251 e. The molecular weight excluding hydrogens is 286 g/mol. The van der Waals surface area contributed by atoms with Crippen molar-refractivity contribution in [2.75, 3.05) is 33.0 Å². The molecule has 0 saturated carbocycles. The maximum absolute atomic E-state index is 12.8. The highest BCUT2D eigenvalue weighted by molar-refractivity contribution is 5.79. The van der Waals surface area contributed by atoms with Crippen LogP contribution in [0.3, 0.4) is 0 Å². The maximum atomic E-state index is 12.8. The van der Waals surface area contributed by atoms with Crippen molar-refractivity contribution in [2.45, 2.75) is 25.8 Å². The number of nitrogens with zero attached hydrogens (tertiary/aromatic N) is 2. The van der Waals surface area contributed by atoms with Crippen molar-refractivity contribution in [1.29, 1.82) is 0 Å². The first-order valence-electron chi connectivity index (χ1n) is 7.69. The highest BCUT2D eigenvalue weighted by Crippen LogP contribution is 2.27. The molecule has 1 amide bonds. The zero-order valence-corrected chi connectivity index (χ0v) is 12.7. The second kappa shape index (κ2) is 6.58. The minimum absolute atomic E-state index is 0.00237. The van der Waals surface area contributed by atoms with Crippen molar-refractivity contribution in [3.63, 3.8) is 0 Å². The molecular formula is C15H21N3O4. The Bertz CT molecular complexity index is 595. The van der Waals surface area contributed by atoms with E-state index < -0.39 is 0 Å². The maximum Gasteiger partial charge on any atom is 0.251 e. The summed E-state index contributed by atoms with van der Waals surface area (Å²) in [4.78, 5) is 33.3. The van der Waals surface area contributed by atoms with Crippen molar-refractivity contribution >= 4 is 5.91 Å². The summed E-state index contributed by atoms with van der Waals surface area (Å²) in [5.74, 6) is 0.667. The molecule has 120 valence electrons. The van der Waals surface area contributed by atoms with E-state index in [0.717, 1.165) is 12.8 Å². The highest BCUT2D eigenvalue weighted by atomic mass is 16.5. The molecule has 2 aliphatic rings. The number of aromatic amines is 1. The van der Waals surface area contributed by atoms with Crippen LogP contribution in [0.4, 0.5) is 0 Å². The van der Waals surface area contributed by atoms with Crippen LogP contribution in [-0.2, 0) is 14.3 Å². The number of morpholine rings is 1. The zero-order chi connectivity index (χ0) is 15.5. The Morgan fingerprint density at radius 3 is 2.82 bits per heavy atom. The number of amides is 1. The normalized spacial score (nSPS) is 23.5. The van der Waals surface area contributed by atoms with Crippen LogP contribution in [0.1, 0.15) is 30.4 Å². The minimum Gasteiger partial charge on any atom is -0.381 e. The summed E-state index contributed by atoms with van der Waals surface area (Å²) in [5, 5.41) is 0. The predicted octanol–water partition coefficient (Wildman–Crippen LogP) is 0.405. The third-order valence-corrected chi connectivity index (χ3v) is 4.20. The van der Waals surface area contributed by atoms with Gasteiger partial charge >= 0.3 is 0 Å². The van der Waals surface area contributed by atoms with Crippen LogP contribution in [-0.4, -0.2) is 53.7 Å². The summed E-state index contributed by atoms with van der Waals surface area (Å²) in [6.07, 6.45) is 1.51. The monoisotopic (exact) mass is 307 g/mol. The van der Waals surface area contributed by atoms with Gasteiger partial charge < -0.3 is 19.4 Å². The largest absolute Gasteiger partial charge is 0.381 e. The van der Waals surface area contributed by atoms with Gasteiger partial charge in [-0.2, -0.15) is 0 Å². The molecule has 1 aromatic heterocycles. The second-order valence-electron chi connectivity index (χ2n) is 5.76. The number of ether oxygens (including phenoxy) is 2. The number of rotatable bonds is 2. The predicted molar refractivity (Wildman–Crippen MR) is 78.4 cm³/mol. The first kappa shape index (κ1) is 15.2. The van der Waals surface area contributed by atoms with Crippen LogP contribution in [0.15, 0.2) is 10.9 Å². The Kier molecular flexibility index (Phi) is 4.54. The lowest BCUT2D eigenvalue weighted by Gasteiger charge is -2.38. The number of aryl methyl sites for hydroxylation is 1. The molecule has 0 aromatic carbocycles. The Morgan fingerprint density at radius 2 is 2.09 bits per heavy atom. The van der Waals surface area contributed by atoms with E-state index in [1.165, 1.54) is 6.07 Å². The first-order chi connectivity index (χ1) is 10.6. The fourth-order valence-electron chi connectivity index (χ4n) is 3.06. The molecule has 1 N–H and O–H groups in total. The highest BCUT2D eigenvalue weighted by Gasteiger charge is 2.34. The SMILES string of the molecule is Cc1nc(C2COCCN2C(=O)C2CCOCC2)cc(=O)[nH]1. The van der Waals surface area contributed by atoms with Crippen molar-refractivity contribution in [3.05, 3.63) is 27.9 Å². The Hall–Kier alpha value is -1.73. The van der Waals surface area contributed by atoms with Crippen molar-refractivity contribution in [3.8, 4) is 0 Å². The van der Waals surface area contributed by atoms with E-state index in [1.54, 1.807) is 6.92 Å². The molecule has 2 saturated heterocycles. The molecule has 2 fully saturated rings. The number of H-pyrrole nitrogens is 1. The summed E-state index contributed by atoms with van der Waals surface area (Å²) in [6.45, 7) is 4.44. The van der Waals surface area contributed by atoms with Gasteiger partial charge in [0.2, 0.25) is 5.91 Å². The fourth-order valence-corrected chi connectivity index (χ4v) is 3.06. The molecule has 1 aromatic rings. The summed E-state index contributed by atoms with van der Waals surface area (Å²) >= 11 is 0. The van der Waals surface area contributed by atoms with Crippen molar-refractivity contribution in [1.82, 2.24) is 14.9 Å². The summed E-state index contributed by atoms with van der Waals surface area (Å²) in [5.41, 5.74) is 0.396. The lowest BCUT2D eigenvalue weighted by Crippen LogP contribution is -2.47. The molecule has 1 atom stereocenters. The summed E-state index contributed by atoms with van der Waals surface area (Å²) < 4.78 is 10.8. The third-order valence-electron chi connectivity index (χ3n) is 4.20. The topological polar surface area (TPSA) is 84.5 Å². The van der Waals surface area contributed by atoms with Gasteiger partial charge in [0.15, 0.2) is 0 Å². The average molecular weight is 307 g/mol. The lowest BCUT2D eigenvalue weighted by molar-refractivity contribution is -0.147. The molecule has 7 nitrogen and oxygen atoms in total. The van der Waals surface area contributed by atoms with Crippen molar-refractivity contribution < 1.29 is 14.3 Å². The first-order valence-corrected chi connectivity index (χ1v) is 7.69. The van der Waals surface area contributed by atoms with Gasteiger partial charge in [0.25, 0.3) is 5.56 Å². The standard InChI is InChI=1S/C15H21N3O4/c1-10-16-12(8-14(19)17-10)13-9-22-7-4-18(13)15(20)11-2-5-21-6-3-11/h8,11,13H,2-7,9H2,1H3,(H,16,17,19). The van der Waals surface area contributed by atoms with Gasteiger partial charge in [-0.3, -0.25) is 9.59 Å². The van der Waals surface area contributed by atoms with E-state index in [2.05, 4.69) is 9.97 Å². The van der Waals surface area contributed by atoms with Gasteiger partial charge in [0.05, 0.1) is 24.9 Å². The molecule has 22 heavy (non-hydrogen) atoms.